The van der Waals surface area contributed by atoms with Gasteiger partial charge in [-0.1, -0.05) is 6.92 Å². The predicted molar refractivity (Wildman–Crippen MR) is 109 cm³/mol. The van der Waals surface area contributed by atoms with Gasteiger partial charge in [-0.2, -0.15) is 4.31 Å². The molecule has 3 rings (SSSR count). The van der Waals surface area contributed by atoms with Crippen molar-refractivity contribution in [2.24, 2.45) is 5.92 Å². The summed E-state index contributed by atoms with van der Waals surface area (Å²) in [5.41, 5.74) is 2.05. The molecule has 1 amide bonds. The van der Waals surface area contributed by atoms with Gasteiger partial charge >= 0.3 is 0 Å². The van der Waals surface area contributed by atoms with Crippen molar-refractivity contribution in [2.75, 3.05) is 39.3 Å². The zero-order valence-corrected chi connectivity index (χ0v) is 18.0. The lowest BCUT2D eigenvalue weighted by atomic mass is 10.0. The average Bonchev–Trinajstić information content (AvgIpc) is 2.64. The molecule has 1 N–H and O–H groups in total. The van der Waals surface area contributed by atoms with Crippen molar-refractivity contribution in [3.05, 3.63) is 28.8 Å². The van der Waals surface area contributed by atoms with Crippen molar-refractivity contribution in [3.8, 4) is 0 Å². The summed E-state index contributed by atoms with van der Waals surface area (Å²) in [6, 6.07) is 3.40. The Morgan fingerprint density at radius 1 is 1.07 bits per heavy atom. The quantitative estimate of drug-likeness (QED) is 0.821. The molecule has 0 saturated carbocycles. The van der Waals surface area contributed by atoms with E-state index in [4.69, 9.17) is 0 Å². The number of aryl methyl sites for hydroxylation is 1. The molecule has 0 aromatic heterocycles. The first-order chi connectivity index (χ1) is 12.3. The molecule has 0 unspecified atom stereocenters. The number of piperazine rings is 1. The van der Waals surface area contributed by atoms with Crippen LogP contribution < -0.4 is 5.32 Å². The second-order valence-corrected chi connectivity index (χ2v) is 9.45. The van der Waals surface area contributed by atoms with Gasteiger partial charge in [0, 0.05) is 44.8 Å². The molecule has 2 fully saturated rings. The largest absolute Gasteiger partial charge is 0.336 e. The summed E-state index contributed by atoms with van der Waals surface area (Å²) >= 11 is 0. The summed E-state index contributed by atoms with van der Waals surface area (Å²) < 4.78 is 28.0. The van der Waals surface area contributed by atoms with E-state index < -0.39 is 10.0 Å². The number of hydrogen-bond acceptors (Lipinski definition) is 4. The zero-order valence-electron chi connectivity index (χ0n) is 16.3. The molecule has 0 bridgehead atoms. The Balaban J connectivity index is 0.00000261. The van der Waals surface area contributed by atoms with Crippen LogP contribution in [0.1, 0.15) is 41.3 Å². The fourth-order valence-electron chi connectivity index (χ4n) is 3.63. The molecule has 8 heteroatoms. The molecule has 2 heterocycles. The van der Waals surface area contributed by atoms with Crippen molar-refractivity contribution in [2.45, 2.75) is 38.5 Å². The maximum absolute atomic E-state index is 13.2. The maximum Gasteiger partial charge on any atom is 0.253 e. The molecule has 0 atom stereocenters. The third kappa shape index (κ3) is 4.65. The summed E-state index contributed by atoms with van der Waals surface area (Å²) in [5, 5.41) is 3.23. The number of nitrogens with zero attached hydrogens (tertiary/aromatic N) is 2. The molecule has 27 heavy (non-hydrogen) atoms. The molecule has 1 aromatic carbocycles. The Hall–Kier alpha value is -1.15. The molecular formula is C19H30ClN3O3S. The molecule has 2 aliphatic heterocycles. The third-order valence-corrected chi connectivity index (χ3v) is 7.66. The summed E-state index contributed by atoms with van der Waals surface area (Å²) in [4.78, 5) is 14.9. The van der Waals surface area contributed by atoms with E-state index >= 15 is 0 Å². The summed E-state index contributed by atoms with van der Waals surface area (Å²) in [6.07, 6.45) is 1.77. The number of amides is 1. The van der Waals surface area contributed by atoms with Crippen LogP contribution in [0.15, 0.2) is 17.0 Å². The van der Waals surface area contributed by atoms with E-state index in [-0.39, 0.29) is 23.2 Å². The van der Waals surface area contributed by atoms with Crippen LogP contribution in [-0.2, 0) is 10.0 Å². The Labute approximate surface area is 168 Å². The van der Waals surface area contributed by atoms with Crippen molar-refractivity contribution in [1.29, 1.82) is 0 Å². The number of sulfonamides is 1. The number of hydrogen-bond donors (Lipinski definition) is 1. The van der Waals surface area contributed by atoms with Gasteiger partial charge in [-0.25, -0.2) is 8.42 Å². The average molecular weight is 416 g/mol. The van der Waals surface area contributed by atoms with Crippen LogP contribution in [-0.4, -0.2) is 62.8 Å². The van der Waals surface area contributed by atoms with Crippen LogP contribution >= 0.6 is 12.4 Å². The highest BCUT2D eigenvalue weighted by molar-refractivity contribution is 7.89. The number of rotatable bonds is 3. The number of carbonyl (C=O) groups is 1. The molecule has 2 saturated heterocycles. The van der Waals surface area contributed by atoms with Crippen molar-refractivity contribution in [3.63, 3.8) is 0 Å². The van der Waals surface area contributed by atoms with Gasteiger partial charge in [0.2, 0.25) is 10.0 Å². The molecule has 2 aliphatic rings. The van der Waals surface area contributed by atoms with Gasteiger partial charge in [-0.05, 0) is 55.9 Å². The first kappa shape index (κ1) is 22.1. The summed E-state index contributed by atoms with van der Waals surface area (Å²) in [7, 11) is -3.58. The topological polar surface area (TPSA) is 69.7 Å². The van der Waals surface area contributed by atoms with E-state index in [1.807, 2.05) is 19.9 Å². The number of carbonyl (C=O) groups excluding carboxylic acids is 1. The first-order valence-corrected chi connectivity index (χ1v) is 10.9. The van der Waals surface area contributed by atoms with E-state index in [1.165, 1.54) is 0 Å². The van der Waals surface area contributed by atoms with Gasteiger partial charge in [0.05, 0.1) is 4.90 Å². The van der Waals surface area contributed by atoms with E-state index in [0.717, 1.165) is 37.1 Å². The van der Waals surface area contributed by atoms with Gasteiger partial charge in [0.15, 0.2) is 0 Å². The Bertz CT molecular complexity index is 784. The Kier molecular flexibility index (Phi) is 7.30. The van der Waals surface area contributed by atoms with E-state index in [9.17, 15) is 13.2 Å². The van der Waals surface area contributed by atoms with Gasteiger partial charge < -0.3 is 10.2 Å². The molecule has 0 spiro atoms. The smallest absolute Gasteiger partial charge is 0.253 e. The van der Waals surface area contributed by atoms with Crippen LogP contribution in [0.5, 0.6) is 0 Å². The maximum atomic E-state index is 13.2. The minimum absolute atomic E-state index is 0. The second-order valence-electron chi connectivity index (χ2n) is 7.55. The minimum atomic E-state index is -3.58. The van der Waals surface area contributed by atoms with Crippen molar-refractivity contribution < 1.29 is 13.2 Å². The SMILES string of the molecule is Cc1cc(C(=O)N2CCNCC2)cc(S(=O)(=O)N2CCC(C)CC2)c1C.Cl. The molecule has 152 valence electrons. The first-order valence-electron chi connectivity index (χ1n) is 9.42. The molecule has 0 aliphatic carbocycles. The van der Waals surface area contributed by atoms with E-state index in [0.29, 0.717) is 37.7 Å². The minimum Gasteiger partial charge on any atom is -0.336 e. The van der Waals surface area contributed by atoms with Gasteiger partial charge in [-0.15, -0.1) is 12.4 Å². The van der Waals surface area contributed by atoms with Gasteiger partial charge in [-0.3, -0.25) is 4.79 Å². The molecular weight excluding hydrogens is 386 g/mol. The zero-order chi connectivity index (χ0) is 18.9. The van der Waals surface area contributed by atoms with E-state index in [1.54, 1.807) is 15.3 Å². The second kappa shape index (κ2) is 8.90. The number of piperidine rings is 1. The van der Waals surface area contributed by atoms with Crippen molar-refractivity contribution in [1.82, 2.24) is 14.5 Å². The van der Waals surface area contributed by atoms with Crippen LogP contribution in [0.25, 0.3) is 0 Å². The fourth-order valence-corrected chi connectivity index (χ4v) is 5.43. The van der Waals surface area contributed by atoms with Gasteiger partial charge in [0.25, 0.3) is 5.91 Å². The van der Waals surface area contributed by atoms with Crippen LogP contribution in [0, 0.1) is 19.8 Å². The normalized spacial score (nSPS) is 19.6. The fraction of sp³-hybridized carbons (Fsp3) is 0.632. The highest BCUT2D eigenvalue weighted by atomic mass is 35.5. The predicted octanol–water partition coefficient (Wildman–Crippen LogP) is 2.19. The van der Waals surface area contributed by atoms with Crippen molar-refractivity contribution >= 4 is 28.3 Å². The van der Waals surface area contributed by atoms with Crippen LogP contribution in [0.2, 0.25) is 0 Å². The number of nitrogens with one attached hydrogen (secondary N) is 1. The highest BCUT2D eigenvalue weighted by Gasteiger charge is 2.31. The Morgan fingerprint density at radius 3 is 2.26 bits per heavy atom. The lowest BCUT2D eigenvalue weighted by molar-refractivity contribution is 0.0735. The molecule has 1 aromatic rings. The number of halogens is 1. The van der Waals surface area contributed by atoms with Crippen LogP contribution in [0.3, 0.4) is 0 Å². The third-order valence-electron chi connectivity index (χ3n) is 5.63. The van der Waals surface area contributed by atoms with Crippen LogP contribution in [0.4, 0.5) is 0 Å². The molecule has 0 radical (unpaired) electrons. The lowest BCUT2D eigenvalue weighted by Crippen LogP contribution is -2.46. The van der Waals surface area contributed by atoms with Gasteiger partial charge in [0.1, 0.15) is 0 Å². The summed E-state index contributed by atoms with van der Waals surface area (Å²) in [6.45, 7) is 9.81. The summed E-state index contributed by atoms with van der Waals surface area (Å²) in [5.74, 6) is 0.475. The highest BCUT2D eigenvalue weighted by Crippen LogP contribution is 2.28. The van der Waals surface area contributed by atoms with E-state index in [2.05, 4.69) is 12.2 Å². The number of benzene rings is 1. The Morgan fingerprint density at radius 2 is 1.67 bits per heavy atom. The monoisotopic (exact) mass is 415 g/mol. The lowest BCUT2D eigenvalue weighted by Gasteiger charge is -2.31. The standard InChI is InChI=1S/C19H29N3O3S.ClH/c1-14-4-8-22(9-5-14)26(24,25)18-13-17(12-15(2)16(18)3)19(23)21-10-6-20-7-11-21;/h12-14,20H,4-11H2,1-3H3;1H. The molecule has 6 nitrogen and oxygen atoms in total.